The second-order valence-electron chi connectivity index (χ2n) is 4.77. The Morgan fingerprint density at radius 3 is 2.40 bits per heavy atom. The third-order valence-electron chi connectivity index (χ3n) is 3.74. The summed E-state index contributed by atoms with van der Waals surface area (Å²) in [4.78, 5) is 25.5. The predicted molar refractivity (Wildman–Crippen MR) is 78.6 cm³/mol. The number of amides is 2. The lowest BCUT2D eigenvalue weighted by Crippen LogP contribution is -2.40. The van der Waals surface area contributed by atoms with Gasteiger partial charge in [-0.3, -0.25) is 9.59 Å². The van der Waals surface area contributed by atoms with Crippen LogP contribution >= 0.6 is 23.2 Å². The summed E-state index contributed by atoms with van der Waals surface area (Å²) >= 11 is 12.1. The van der Waals surface area contributed by atoms with E-state index in [9.17, 15) is 9.59 Å². The fourth-order valence-corrected chi connectivity index (χ4v) is 3.30. The molecule has 1 fully saturated rings. The Kier molecular flexibility index (Phi) is 3.19. The number of rotatable bonds is 2. The highest BCUT2D eigenvalue weighted by molar-refractivity contribution is 6.48. The van der Waals surface area contributed by atoms with E-state index in [1.165, 1.54) is 4.90 Å². The topological polar surface area (TPSA) is 37.4 Å². The maximum Gasteiger partial charge on any atom is 0.247 e. The molecule has 1 saturated heterocycles. The molecular formula is C15H11Cl2NO2. The number of carbonyl (C=O) groups is 2. The number of carbonyl (C=O) groups excluding carboxylic acids is 2. The molecule has 3 rings (SSSR count). The summed E-state index contributed by atoms with van der Waals surface area (Å²) in [5.74, 6) is -1.33. The number of halogens is 2. The van der Waals surface area contributed by atoms with Crippen LogP contribution in [0.15, 0.2) is 54.6 Å². The van der Waals surface area contributed by atoms with Crippen molar-refractivity contribution in [2.24, 2.45) is 11.3 Å². The van der Waals surface area contributed by atoms with E-state index in [1.54, 1.807) is 48.6 Å². The van der Waals surface area contributed by atoms with Gasteiger partial charge in [0.1, 0.15) is 10.3 Å². The zero-order valence-electron chi connectivity index (χ0n) is 10.4. The number of nitrogens with zero attached hydrogens (tertiary/aromatic N) is 1. The van der Waals surface area contributed by atoms with Crippen molar-refractivity contribution in [1.29, 1.82) is 0 Å². The van der Waals surface area contributed by atoms with Gasteiger partial charge in [0.2, 0.25) is 11.8 Å². The van der Waals surface area contributed by atoms with E-state index in [0.29, 0.717) is 5.69 Å². The second-order valence-corrected chi connectivity index (χ2v) is 5.87. The minimum atomic E-state index is -1.20. The highest BCUT2D eigenvalue weighted by Gasteiger charge is 2.61. The van der Waals surface area contributed by atoms with Crippen LogP contribution in [0.4, 0.5) is 5.69 Å². The van der Waals surface area contributed by atoms with Crippen molar-refractivity contribution in [2.75, 3.05) is 4.90 Å². The van der Waals surface area contributed by atoms with Gasteiger partial charge in [0.15, 0.2) is 0 Å². The summed E-state index contributed by atoms with van der Waals surface area (Å²) in [5, 5.41) is 0. The third kappa shape index (κ3) is 1.67. The maximum atomic E-state index is 12.8. The second kappa shape index (κ2) is 4.76. The predicted octanol–water partition coefficient (Wildman–Crippen LogP) is 3.09. The van der Waals surface area contributed by atoms with Crippen LogP contribution in [-0.2, 0) is 9.59 Å². The molecule has 1 aliphatic heterocycles. The highest BCUT2D eigenvalue weighted by Crippen LogP contribution is 2.49. The van der Waals surface area contributed by atoms with Gasteiger partial charge >= 0.3 is 0 Å². The molecular weight excluding hydrogens is 297 g/mol. The van der Waals surface area contributed by atoms with Crippen molar-refractivity contribution in [1.82, 2.24) is 0 Å². The van der Waals surface area contributed by atoms with Gasteiger partial charge in [-0.15, -0.1) is 23.2 Å². The van der Waals surface area contributed by atoms with Crippen LogP contribution in [0, 0.1) is 11.3 Å². The van der Waals surface area contributed by atoms with Crippen LogP contribution in [0.5, 0.6) is 0 Å². The monoisotopic (exact) mass is 307 g/mol. The Hall–Kier alpha value is -1.58. The molecule has 2 amide bonds. The standard InChI is InChI=1S/C15H11Cl2NO2/c16-13(17)15-9-5-4-8-11(15)12(19)18(14(15)20)10-6-2-1-3-7-10/h1-9,11,13H. The molecule has 0 aromatic heterocycles. The third-order valence-corrected chi connectivity index (χ3v) is 4.46. The number of hydrogen-bond donors (Lipinski definition) is 0. The summed E-state index contributed by atoms with van der Waals surface area (Å²) in [6.45, 7) is 0. The van der Waals surface area contributed by atoms with E-state index >= 15 is 0 Å². The smallest absolute Gasteiger partial charge is 0.247 e. The SMILES string of the molecule is O=C1C2C=CC=CC2(C(Cl)Cl)C(=O)N1c1ccccc1. The lowest BCUT2D eigenvalue weighted by molar-refractivity contribution is -0.123. The van der Waals surface area contributed by atoms with E-state index in [4.69, 9.17) is 23.2 Å². The molecule has 5 heteroatoms. The van der Waals surface area contributed by atoms with Crippen molar-refractivity contribution >= 4 is 40.7 Å². The summed E-state index contributed by atoms with van der Waals surface area (Å²) < 4.78 is 0. The first-order valence-corrected chi connectivity index (χ1v) is 7.04. The average molecular weight is 308 g/mol. The maximum absolute atomic E-state index is 12.8. The van der Waals surface area contributed by atoms with E-state index in [-0.39, 0.29) is 11.8 Å². The van der Waals surface area contributed by atoms with Gasteiger partial charge in [0.25, 0.3) is 0 Å². The first-order valence-electron chi connectivity index (χ1n) is 6.16. The molecule has 2 atom stereocenters. The van der Waals surface area contributed by atoms with E-state index in [2.05, 4.69) is 0 Å². The number of allylic oxidation sites excluding steroid dienone is 2. The van der Waals surface area contributed by atoms with Gasteiger partial charge in [-0.05, 0) is 12.1 Å². The van der Waals surface area contributed by atoms with Crippen LogP contribution < -0.4 is 4.90 Å². The van der Waals surface area contributed by atoms with Crippen molar-refractivity contribution < 1.29 is 9.59 Å². The molecule has 1 heterocycles. The van der Waals surface area contributed by atoms with E-state index in [0.717, 1.165) is 0 Å². The first-order chi connectivity index (χ1) is 9.59. The fourth-order valence-electron chi connectivity index (χ4n) is 2.70. The Labute approximate surface area is 126 Å². The van der Waals surface area contributed by atoms with Gasteiger partial charge in [-0.25, -0.2) is 4.90 Å². The molecule has 102 valence electrons. The van der Waals surface area contributed by atoms with Crippen LogP contribution in [0.3, 0.4) is 0 Å². The Morgan fingerprint density at radius 1 is 1.10 bits per heavy atom. The summed E-state index contributed by atoms with van der Waals surface area (Å²) in [6, 6.07) is 8.80. The van der Waals surface area contributed by atoms with Gasteiger partial charge in [0, 0.05) is 0 Å². The molecule has 20 heavy (non-hydrogen) atoms. The van der Waals surface area contributed by atoms with Crippen LogP contribution in [0.25, 0.3) is 0 Å². The molecule has 0 spiro atoms. The molecule has 2 aliphatic rings. The van der Waals surface area contributed by atoms with Crippen molar-refractivity contribution in [3.8, 4) is 0 Å². The molecule has 1 aromatic rings. The minimum absolute atomic E-state index is 0.298. The van der Waals surface area contributed by atoms with Crippen LogP contribution in [0.1, 0.15) is 0 Å². The molecule has 0 radical (unpaired) electrons. The molecule has 3 nitrogen and oxygen atoms in total. The molecule has 0 N–H and O–H groups in total. The lowest BCUT2D eigenvalue weighted by Gasteiger charge is -2.29. The Morgan fingerprint density at radius 2 is 1.80 bits per heavy atom. The van der Waals surface area contributed by atoms with E-state index < -0.39 is 16.2 Å². The number of para-hydroxylation sites is 1. The van der Waals surface area contributed by atoms with Gasteiger partial charge < -0.3 is 0 Å². The molecule has 0 bridgehead atoms. The Bertz CT molecular complexity index is 624. The largest absolute Gasteiger partial charge is 0.273 e. The zero-order valence-corrected chi connectivity index (χ0v) is 11.9. The quantitative estimate of drug-likeness (QED) is 0.622. The number of benzene rings is 1. The zero-order chi connectivity index (χ0) is 14.3. The van der Waals surface area contributed by atoms with E-state index in [1.807, 2.05) is 6.07 Å². The molecule has 2 unspecified atom stereocenters. The number of alkyl halides is 2. The Balaban J connectivity index is 2.14. The number of fused-ring (bicyclic) bond motifs is 1. The van der Waals surface area contributed by atoms with Crippen molar-refractivity contribution in [2.45, 2.75) is 4.84 Å². The fraction of sp³-hybridized carbons (Fsp3) is 0.200. The van der Waals surface area contributed by atoms with Gasteiger partial charge in [-0.2, -0.15) is 0 Å². The van der Waals surface area contributed by atoms with Crippen molar-refractivity contribution in [3.63, 3.8) is 0 Å². The van der Waals surface area contributed by atoms with Crippen molar-refractivity contribution in [3.05, 3.63) is 54.6 Å². The molecule has 0 saturated carbocycles. The molecule has 1 aromatic carbocycles. The van der Waals surface area contributed by atoms with Crippen LogP contribution in [-0.4, -0.2) is 16.7 Å². The minimum Gasteiger partial charge on any atom is -0.273 e. The summed E-state index contributed by atoms with van der Waals surface area (Å²) in [5.41, 5.74) is -0.669. The summed E-state index contributed by atoms with van der Waals surface area (Å²) in [6.07, 6.45) is 6.75. The molecule has 1 aliphatic carbocycles. The van der Waals surface area contributed by atoms with Gasteiger partial charge in [-0.1, -0.05) is 42.5 Å². The van der Waals surface area contributed by atoms with Gasteiger partial charge in [0.05, 0.1) is 11.6 Å². The average Bonchev–Trinajstić information content (AvgIpc) is 2.70. The normalized spacial score (nSPS) is 28.4. The highest BCUT2D eigenvalue weighted by atomic mass is 35.5. The number of imide groups is 1. The lowest BCUT2D eigenvalue weighted by atomic mass is 9.76. The summed E-state index contributed by atoms with van der Waals surface area (Å²) in [7, 11) is 0. The number of anilines is 1. The number of hydrogen-bond acceptors (Lipinski definition) is 2. The first kappa shape index (κ1) is 13.4. The van der Waals surface area contributed by atoms with Crippen LogP contribution in [0.2, 0.25) is 0 Å².